The summed E-state index contributed by atoms with van der Waals surface area (Å²) in [5, 5.41) is 3.09. The number of nitrogens with zero attached hydrogens (tertiary/aromatic N) is 1. The van der Waals surface area contributed by atoms with Gasteiger partial charge in [0.2, 0.25) is 5.75 Å². The van der Waals surface area contributed by atoms with Gasteiger partial charge in [0.1, 0.15) is 12.4 Å². The second-order valence-electron chi connectivity index (χ2n) is 8.54. The van der Waals surface area contributed by atoms with E-state index >= 15 is 0 Å². The number of aromatic nitrogens is 1. The number of nitrogens with one attached hydrogen (secondary N) is 1. The normalized spacial score (nSPS) is 15.5. The third-order valence-electron chi connectivity index (χ3n) is 6.19. The van der Waals surface area contributed by atoms with Crippen LogP contribution in [0.5, 0.6) is 17.2 Å². The summed E-state index contributed by atoms with van der Waals surface area (Å²) in [7, 11) is 0. The summed E-state index contributed by atoms with van der Waals surface area (Å²) in [5.41, 5.74) is 0.0985. The molecular weight excluding hydrogens is 442 g/mol. The van der Waals surface area contributed by atoms with E-state index in [9.17, 15) is 18.4 Å². The predicted octanol–water partition coefficient (Wildman–Crippen LogP) is 4.66. The molecule has 0 unspecified atom stereocenters. The molecular formula is C26H22F2N2O4. The van der Waals surface area contributed by atoms with Gasteiger partial charge < -0.3 is 14.8 Å². The first-order valence-electron chi connectivity index (χ1n) is 11.1. The van der Waals surface area contributed by atoms with Crippen molar-refractivity contribution in [1.29, 1.82) is 0 Å². The van der Waals surface area contributed by atoms with Gasteiger partial charge in [0.15, 0.2) is 34.7 Å². The highest BCUT2D eigenvalue weighted by Crippen LogP contribution is 2.49. The Morgan fingerprint density at radius 1 is 0.971 bits per heavy atom. The predicted molar refractivity (Wildman–Crippen MR) is 120 cm³/mol. The largest absolute Gasteiger partial charge is 0.485 e. The molecule has 2 heterocycles. The minimum Gasteiger partial charge on any atom is -0.485 e. The zero-order valence-electron chi connectivity index (χ0n) is 18.3. The third-order valence-corrected chi connectivity index (χ3v) is 6.19. The fraction of sp³-hybridized carbons (Fsp3) is 0.269. The summed E-state index contributed by atoms with van der Waals surface area (Å²) in [5.74, 6) is -0.126. The molecule has 1 N–H and O–H groups in total. The number of hydrogen-bond donors (Lipinski definition) is 1. The number of fused-ring (bicyclic) bond motifs is 1. The van der Waals surface area contributed by atoms with Crippen LogP contribution in [0.4, 0.5) is 14.6 Å². The van der Waals surface area contributed by atoms with E-state index < -0.39 is 11.2 Å². The quantitative estimate of drug-likeness (QED) is 0.489. The third kappa shape index (κ3) is 4.35. The van der Waals surface area contributed by atoms with Crippen molar-refractivity contribution < 1.29 is 27.8 Å². The molecule has 0 bridgehead atoms. The van der Waals surface area contributed by atoms with E-state index in [4.69, 9.17) is 9.47 Å². The summed E-state index contributed by atoms with van der Waals surface area (Å²) >= 11 is 0. The molecule has 1 aliphatic heterocycles. The zero-order valence-corrected chi connectivity index (χ0v) is 18.3. The van der Waals surface area contributed by atoms with Gasteiger partial charge in [-0.05, 0) is 48.2 Å². The van der Waals surface area contributed by atoms with Crippen LogP contribution in [-0.4, -0.2) is 29.7 Å². The van der Waals surface area contributed by atoms with Gasteiger partial charge in [-0.1, -0.05) is 18.2 Å². The number of ketones is 2. The fourth-order valence-electron chi connectivity index (χ4n) is 4.10. The van der Waals surface area contributed by atoms with Gasteiger partial charge in [0.05, 0.1) is 12.0 Å². The number of pyridine rings is 1. The molecule has 0 amide bonds. The summed E-state index contributed by atoms with van der Waals surface area (Å²) in [6, 6.07) is 11.6. The molecule has 1 fully saturated rings. The number of ether oxygens (including phenoxy) is 2. The molecule has 0 spiro atoms. The van der Waals surface area contributed by atoms with E-state index in [0.717, 1.165) is 0 Å². The molecule has 34 heavy (non-hydrogen) atoms. The Labute approximate surface area is 194 Å². The smallest absolute Gasteiger partial charge is 0.204 e. The monoisotopic (exact) mass is 464 g/mol. The van der Waals surface area contributed by atoms with Crippen molar-refractivity contribution in [2.24, 2.45) is 5.41 Å². The molecule has 0 radical (unpaired) electrons. The van der Waals surface area contributed by atoms with Crippen LogP contribution in [0.25, 0.3) is 0 Å². The number of halogens is 2. The number of carbonyl (C=O) groups excluding carboxylic acids is 2. The van der Waals surface area contributed by atoms with Crippen LogP contribution in [0.2, 0.25) is 0 Å². The number of anilines is 1. The lowest BCUT2D eigenvalue weighted by atomic mass is 9.88. The second-order valence-corrected chi connectivity index (χ2v) is 8.54. The Kier molecular flexibility index (Phi) is 5.73. The number of Topliss-reactive ketones (excluding diaryl/α,β-unsaturated/α-hetero) is 2. The summed E-state index contributed by atoms with van der Waals surface area (Å²) in [4.78, 5) is 30.0. The van der Waals surface area contributed by atoms with Gasteiger partial charge in [0, 0.05) is 25.1 Å². The van der Waals surface area contributed by atoms with E-state index in [1.165, 1.54) is 24.3 Å². The van der Waals surface area contributed by atoms with Crippen LogP contribution in [-0.2, 0) is 22.4 Å². The first-order chi connectivity index (χ1) is 16.4. The van der Waals surface area contributed by atoms with Crippen LogP contribution < -0.4 is 14.8 Å². The molecule has 0 saturated heterocycles. The standard InChI is InChI=1S/C26H22F2N2O4/c27-18-4-1-16(2-5-18)14-22(31)26(8-9-26)23(32)15-17-3-6-20(19(28)13-17)34-21-7-10-29-25-24(21)33-12-11-30-25/h1-7,10,13H,8-9,11-12,14-15H2,(H,29,30). The van der Waals surface area contributed by atoms with Crippen molar-refractivity contribution in [3.8, 4) is 17.2 Å². The molecule has 2 aromatic carbocycles. The van der Waals surface area contributed by atoms with E-state index in [1.807, 2.05) is 0 Å². The Morgan fingerprint density at radius 3 is 2.38 bits per heavy atom. The Balaban J connectivity index is 1.26. The molecule has 1 saturated carbocycles. The number of hydrogen-bond acceptors (Lipinski definition) is 6. The van der Waals surface area contributed by atoms with Gasteiger partial charge in [-0.25, -0.2) is 13.8 Å². The second kappa shape index (κ2) is 8.85. The molecule has 5 rings (SSSR count). The molecule has 8 heteroatoms. The average Bonchev–Trinajstić information content (AvgIpc) is 3.65. The fourth-order valence-corrected chi connectivity index (χ4v) is 4.10. The van der Waals surface area contributed by atoms with Crippen LogP contribution >= 0.6 is 0 Å². The van der Waals surface area contributed by atoms with Gasteiger partial charge in [0.25, 0.3) is 0 Å². The van der Waals surface area contributed by atoms with Gasteiger partial charge in [-0.3, -0.25) is 9.59 Å². The minimum absolute atomic E-state index is 0.00714. The lowest BCUT2D eigenvalue weighted by Gasteiger charge is -2.20. The lowest BCUT2D eigenvalue weighted by Crippen LogP contribution is -2.28. The molecule has 1 aliphatic carbocycles. The van der Waals surface area contributed by atoms with Crippen molar-refractivity contribution in [1.82, 2.24) is 4.98 Å². The molecule has 2 aliphatic rings. The van der Waals surface area contributed by atoms with Crippen LogP contribution in [0.15, 0.2) is 54.7 Å². The van der Waals surface area contributed by atoms with Gasteiger partial charge >= 0.3 is 0 Å². The topological polar surface area (TPSA) is 77.5 Å². The Bertz CT molecular complexity index is 1260. The van der Waals surface area contributed by atoms with Gasteiger partial charge in [-0.2, -0.15) is 0 Å². The van der Waals surface area contributed by atoms with Crippen LogP contribution in [0.3, 0.4) is 0 Å². The maximum atomic E-state index is 14.8. The van der Waals surface area contributed by atoms with Crippen molar-refractivity contribution in [3.05, 3.63) is 77.5 Å². The van der Waals surface area contributed by atoms with Crippen LogP contribution in [0.1, 0.15) is 24.0 Å². The number of benzene rings is 2. The SMILES string of the molecule is O=C(Cc1ccc(F)cc1)C1(C(=O)Cc2ccc(Oc3ccnc4c3OCCN4)c(F)c2)CC1. The number of carbonyl (C=O) groups is 2. The first-order valence-corrected chi connectivity index (χ1v) is 11.1. The first kappa shape index (κ1) is 22.0. The highest BCUT2D eigenvalue weighted by atomic mass is 19.1. The van der Waals surface area contributed by atoms with Crippen molar-refractivity contribution in [2.75, 3.05) is 18.5 Å². The molecule has 3 aromatic rings. The summed E-state index contributed by atoms with van der Waals surface area (Å²) < 4.78 is 39.2. The Morgan fingerprint density at radius 2 is 1.68 bits per heavy atom. The van der Waals surface area contributed by atoms with E-state index in [-0.39, 0.29) is 36.0 Å². The van der Waals surface area contributed by atoms with Gasteiger partial charge in [-0.15, -0.1) is 0 Å². The highest BCUT2D eigenvalue weighted by Gasteiger charge is 2.54. The highest BCUT2D eigenvalue weighted by molar-refractivity contribution is 6.10. The van der Waals surface area contributed by atoms with Crippen LogP contribution in [0, 0.1) is 17.0 Å². The minimum atomic E-state index is -1.03. The molecule has 1 aromatic heterocycles. The lowest BCUT2D eigenvalue weighted by molar-refractivity contribution is -0.133. The summed E-state index contributed by atoms with van der Waals surface area (Å²) in [6.45, 7) is 1.06. The van der Waals surface area contributed by atoms with E-state index in [0.29, 0.717) is 54.4 Å². The molecule has 0 atom stereocenters. The summed E-state index contributed by atoms with van der Waals surface area (Å²) in [6.07, 6.45) is 2.52. The average molecular weight is 464 g/mol. The van der Waals surface area contributed by atoms with E-state index in [2.05, 4.69) is 10.3 Å². The number of rotatable bonds is 8. The molecule has 174 valence electrons. The maximum Gasteiger partial charge on any atom is 0.204 e. The Hall–Kier alpha value is -3.81. The van der Waals surface area contributed by atoms with Crippen molar-refractivity contribution >= 4 is 17.4 Å². The maximum absolute atomic E-state index is 14.8. The van der Waals surface area contributed by atoms with E-state index in [1.54, 1.807) is 30.5 Å². The molecule has 6 nitrogen and oxygen atoms in total. The zero-order chi connectivity index (χ0) is 23.7. The van der Waals surface area contributed by atoms with Crippen molar-refractivity contribution in [2.45, 2.75) is 25.7 Å². The van der Waals surface area contributed by atoms with Crippen molar-refractivity contribution in [3.63, 3.8) is 0 Å².